The minimum Gasteiger partial charge on any atom is -0.105 e. The highest BCUT2D eigenvalue weighted by atomic mass is 31.0. The molecule has 1 rings (SSSR count). The van der Waals surface area contributed by atoms with Gasteiger partial charge in [-0.25, -0.2) is 0 Å². The van der Waals surface area contributed by atoms with Gasteiger partial charge in [-0.2, -0.15) is 0 Å². The van der Waals surface area contributed by atoms with Crippen LogP contribution in [0.2, 0.25) is 0 Å². The molecule has 0 N–H and O–H groups in total. The fourth-order valence-corrected chi connectivity index (χ4v) is 2.51. The predicted molar refractivity (Wildman–Crippen MR) is 82.1 cm³/mol. The number of aryl methyl sites for hydroxylation is 1. The molecule has 1 unspecified atom stereocenters. The van der Waals surface area contributed by atoms with Gasteiger partial charge in [0.2, 0.25) is 0 Å². The zero-order valence-electron chi connectivity index (χ0n) is 11.8. The molecule has 0 heterocycles. The van der Waals surface area contributed by atoms with Gasteiger partial charge in [0.25, 0.3) is 0 Å². The Morgan fingerprint density at radius 2 is 1.53 bits per heavy atom. The predicted octanol–water partition coefficient (Wildman–Crippen LogP) is 4.36. The van der Waals surface area contributed by atoms with Crippen LogP contribution < -0.4 is 5.30 Å². The molecule has 1 atom stereocenters. The van der Waals surface area contributed by atoms with Crippen LogP contribution in [0.4, 0.5) is 0 Å². The first kappa shape index (κ1) is 14.7. The van der Waals surface area contributed by atoms with Gasteiger partial charge in [0.05, 0.1) is 0 Å². The monoisotopic (exact) mass is 250 g/mol. The Labute approximate surface area is 109 Å². The molecule has 0 nitrogen and oxygen atoms in total. The highest BCUT2D eigenvalue weighted by Gasteiger charge is 2.07. The van der Waals surface area contributed by atoms with Crippen LogP contribution in [0.5, 0.6) is 0 Å². The lowest BCUT2D eigenvalue weighted by Gasteiger charge is -2.14. The van der Waals surface area contributed by atoms with E-state index in [1.807, 2.05) is 0 Å². The van der Waals surface area contributed by atoms with E-state index in [-0.39, 0.29) is 0 Å². The second-order valence-corrected chi connectivity index (χ2v) is 6.47. The molecule has 0 aliphatic rings. The van der Waals surface area contributed by atoms with Crippen LogP contribution >= 0.6 is 9.24 Å². The standard InChI is InChI=1S/C16H27P/c1-12(2)8-10-14-6-5-7-16(17)15(14)11-9-13(3)4/h5-7,12-13H,8-11,17H2,1-4H3. The van der Waals surface area contributed by atoms with Crippen LogP contribution in [-0.4, -0.2) is 0 Å². The van der Waals surface area contributed by atoms with Gasteiger partial charge < -0.3 is 0 Å². The number of hydrogen-bond acceptors (Lipinski definition) is 0. The SMILES string of the molecule is CC(C)CCc1cccc(P)c1CCC(C)C. The van der Waals surface area contributed by atoms with Gasteiger partial charge in [-0.1, -0.05) is 45.9 Å². The van der Waals surface area contributed by atoms with Crippen LogP contribution in [0, 0.1) is 11.8 Å². The van der Waals surface area contributed by atoms with E-state index >= 15 is 0 Å². The van der Waals surface area contributed by atoms with E-state index in [9.17, 15) is 0 Å². The Bertz CT molecular complexity index is 339. The third kappa shape index (κ3) is 5.21. The van der Waals surface area contributed by atoms with Crippen molar-refractivity contribution in [3.63, 3.8) is 0 Å². The van der Waals surface area contributed by atoms with Crippen molar-refractivity contribution < 1.29 is 0 Å². The third-order valence-electron chi connectivity index (χ3n) is 3.27. The second-order valence-electron chi connectivity index (χ2n) is 5.85. The minimum absolute atomic E-state index is 0.789. The molecule has 1 heteroatoms. The van der Waals surface area contributed by atoms with Gasteiger partial charge in [-0.15, -0.1) is 9.24 Å². The minimum atomic E-state index is 0.789. The molecule has 0 saturated carbocycles. The second kappa shape index (κ2) is 7.17. The first-order valence-corrected chi connectivity index (χ1v) is 7.44. The average Bonchev–Trinajstić information content (AvgIpc) is 2.24. The third-order valence-corrected chi connectivity index (χ3v) is 3.81. The first-order valence-electron chi connectivity index (χ1n) is 6.87. The fraction of sp³-hybridized carbons (Fsp3) is 0.625. The Hall–Kier alpha value is -0.350. The summed E-state index contributed by atoms with van der Waals surface area (Å²) in [6.45, 7) is 9.22. The maximum Gasteiger partial charge on any atom is -0.0268 e. The highest BCUT2D eigenvalue weighted by Crippen LogP contribution is 2.17. The van der Waals surface area contributed by atoms with Crippen molar-refractivity contribution in [3.05, 3.63) is 29.3 Å². The summed E-state index contributed by atoms with van der Waals surface area (Å²) in [6.07, 6.45) is 5.04. The Balaban J connectivity index is 2.76. The van der Waals surface area contributed by atoms with Gasteiger partial charge in [0.1, 0.15) is 0 Å². The van der Waals surface area contributed by atoms with Crippen molar-refractivity contribution in [3.8, 4) is 0 Å². The van der Waals surface area contributed by atoms with E-state index < -0.39 is 0 Å². The smallest absolute Gasteiger partial charge is 0.0268 e. The molecule has 0 saturated heterocycles. The molecular formula is C16H27P. The number of rotatable bonds is 6. The van der Waals surface area contributed by atoms with Gasteiger partial charge in [-0.05, 0) is 54.0 Å². The Morgan fingerprint density at radius 3 is 2.12 bits per heavy atom. The summed E-state index contributed by atoms with van der Waals surface area (Å²) in [5.41, 5.74) is 3.14. The lowest BCUT2D eigenvalue weighted by Crippen LogP contribution is -2.08. The van der Waals surface area contributed by atoms with Crippen LogP contribution in [0.25, 0.3) is 0 Å². The molecule has 1 aromatic carbocycles. The molecule has 0 bridgehead atoms. The number of benzene rings is 1. The van der Waals surface area contributed by atoms with Gasteiger partial charge in [0.15, 0.2) is 0 Å². The summed E-state index contributed by atoms with van der Waals surface area (Å²) in [5, 5.41) is 1.40. The van der Waals surface area contributed by atoms with Crippen molar-refractivity contribution in [1.29, 1.82) is 0 Å². The van der Waals surface area contributed by atoms with Gasteiger partial charge in [-0.3, -0.25) is 0 Å². The lowest BCUT2D eigenvalue weighted by molar-refractivity contribution is 0.572. The van der Waals surface area contributed by atoms with E-state index in [2.05, 4.69) is 55.1 Å². The largest absolute Gasteiger partial charge is 0.105 e. The van der Waals surface area contributed by atoms with Crippen molar-refractivity contribution in [1.82, 2.24) is 0 Å². The molecule has 1 aromatic rings. The first-order chi connectivity index (χ1) is 8.00. The lowest BCUT2D eigenvalue weighted by atomic mass is 9.94. The van der Waals surface area contributed by atoms with E-state index in [4.69, 9.17) is 0 Å². The van der Waals surface area contributed by atoms with Gasteiger partial charge in [0, 0.05) is 0 Å². The maximum atomic E-state index is 2.90. The molecule has 0 aliphatic carbocycles. The average molecular weight is 250 g/mol. The van der Waals surface area contributed by atoms with E-state index in [0.29, 0.717) is 0 Å². The zero-order valence-corrected chi connectivity index (χ0v) is 12.9. The fourth-order valence-electron chi connectivity index (χ4n) is 2.07. The van der Waals surface area contributed by atoms with Gasteiger partial charge >= 0.3 is 0 Å². The number of hydrogen-bond donors (Lipinski definition) is 0. The summed E-state index contributed by atoms with van der Waals surface area (Å²) < 4.78 is 0. The Morgan fingerprint density at radius 1 is 0.941 bits per heavy atom. The van der Waals surface area contributed by atoms with Crippen molar-refractivity contribution in [2.45, 2.75) is 53.4 Å². The molecule has 96 valence electrons. The Kier molecular flexibility index (Phi) is 6.20. The van der Waals surface area contributed by atoms with Crippen LogP contribution in [0.1, 0.15) is 51.7 Å². The molecule has 0 radical (unpaired) electrons. The highest BCUT2D eigenvalue weighted by molar-refractivity contribution is 7.27. The maximum absolute atomic E-state index is 2.90. The van der Waals surface area contributed by atoms with Crippen molar-refractivity contribution in [2.75, 3.05) is 0 Å². The van der Waals surface area contributed by atoms with Crippen molar-refractivity contribution in [2.24, 2.45) is 11.8 Å². The molecule has 17 heavy (non-hydrogen) atoms. The van der Waals surface area contributed by atoms with Crippen LogP contribution in [-0.2, 0) is 12.8 Å². The zero-order chi connectivity index (χ0) is 12.8. The molecular weight excluding hydrogens is 223 g/mol. The van der Waals surface area contributed by atoms with E-state index in [1.54, 1.807) is 11.1 Å². The summed E-state index contributed by atoms with van der Waals surface area (Å²) in [4.78, 5) is 0. The summed E-state index contributed by atoms with van der Waals surface area (Å²) >= 11 is 0. The van der Waals surface area contributed by atoms with Crippen molar-refractivity contribution >= 4 is 14.5 Å². The molecule has 0 aliphatic heterocycles. The van der Waals surface area contributed by atoms with Crippen LogP contribution in [0.3, 0.4) is 0 Å². The normalized spacial score (nSPS) is 11.5. The van der Waals surface area contributed by atoms with Crippen LogP contribution in [0.15, 0.2) is 18.2 Å². The van der Waals surface area contributed by atoms with E-state index in [0.717, 1.165) is 11.8 Å². The molecule has 0 fully saturated rings. The molecule has 0 spiro atoms. The summed E-state index contributed by atoms with van der Waals surface area (Å²) in [5.74, 6) is 1.58. The quantitative estimate of drug-likeness (QED) is 0.658. The molecule has 0 aromatic heterocycles. The topological polar surface area (TPSA) is 0 Å². The molecule has 0 amide bonds. The summed E-state index contributed by atoms with van der Waals surface area (Å²) in [6, 6.07) is 6.72. The van der Waals surface area contributed by atoms with E-state index in [1.165, 1.54) is 31.0 Å². The summed E-state index contributed by atoms with van der Waals surface area (Å²) in [7, 11) is 2.90.